The molecule has 0 amide bonds. The SMILES string of the molecule is CC(=O)O.N=C(N)COC(=O)c1ccccc1. The van der Waals surface area contributed by atoms with Crippen LogP contribution in [0.3, 0.4) is 0 Å². The Labute approximate surface area is 98.5 Å². The Morgan fingerprint density at radius 1 is 1.35 bits per heavy atom. The largest absolute Gasteiger partial charge is 0.481 e. The van der Waals surface area contributed by atoms with Crippen molar-refractivity contribution in [2.45, 2.75) is 6.92 Å². The van der Waals surface area contributed by atoms with Crippen LogP contribution in [-0.4, -0.2) is 29.5 Å². The molecule has 0 heterocycles. The van der Waals surface area contributed by atoms with E-state index in [4.69, 9.17) is 25.8 Å². The number of nitrogens with two attached hydrogens (primary N) is 1. The Hall–Kier alpha value is -2.37. The Balaban J connectivity index is 0.000000557. The first-order chi connectivity index (χ1) is 7.93. The summed E-state index contributed by atoms with van der Waals surface area (Å²) >= 11 is 0. The molecule has 0 aliphatic rings. The van der Waals surface area contributed by atoms with Crippen LogP contribution in [0.25, 0.3) is 0 Å². The summed E-state index contributed by atoms with van der Waals surface area (Å²) in [6.45, 7) is 0.924. The third-order valence-electron chi connectivity index (χ3n) is 1.37. The minimum atomic E-state index is -0.833. The van der Waals surface area contributed by atoms with Crippen LogP contribution in [0.5, 0.6) is 0 Å². The molecule has 0 aliphatic heterocycles. The number of benzene rings is 1. The number of carboxylic acids is 1. The fraction of sp³-hybridized carbons (Fsp3) is 0.182. The Kier molecular flexibility index (Phi) is 6.77. The van der Waals surface area contributed by atoms with Crippen molar-refractivity contribution in [1.29, 1.82) is 5.41 Å². The molecule has 0 bridgehead atoms. The zero-order valence-corrected chi connectivity index (χ0v) is 9.34. The highest BCUT2D eigenvalue weighted by Crippen LogP contribution is 2.00. The molecule has 0 saturated heterocycles. The Bertz CT molecular complexity index is 386. The first kappa shape index (κ1) is 14.6. The molecule has 6 heteroatoms. The van der Waals surface area contributed by atoms with Gasteiger partial charge in [-0.25, -0.2) is 4.79 Å². The standard InChI is InChI=1S/C9H10N2O2.C2H4O2/c10-8(11)6-13-9(12)7-4-2-1-3-5-7;1-2(3)4/h1-5H,6H2,(H3,10,11);1H3,(H,3,4). The summed E-state index contributed by atoms with van der Waals surface area (Å²) in [7, 11) is 0. The number of carbonyl (C=O) groups is 2. The number of aliphatic carboxylic acids is 1. The fourth-order valence-electron chi connectivity index (χ4n) is 0.801. The average Bonchev–Trinajstić information content (AvgIpc) is 2.26. The number of rotatable bonds is 3. The number of carbonyl (C=O) groups excluding carboxylic acids is 1. The molecule has 92 valence electrons. The molecule has 1 aromatic carbocycles. The number of hydrogen-bond acceptors (Lipinski definition) is 4. The second-order valence-electron chi connectivity index (χ2n) is 2.99. The lowest BCUT2D eigenvalue weighted by Crippen LogP contribution is -2.20. The van der Waals surface area contributed by atoms with Crippen molar-refractivity contribution in [3.05, 3.63) is 35.9 Å². The molecule has 0 atom stereocenters. The fourth-order valence-corrected chi connectivity index (χ4v) is 0.801. The van der Waals surface area contributed by atoms with Crippen LogP contribution >= 0.6 is 0 Å². The van der Waals surface area contributed by atoms with E-state index in [-0.39, 0.29) is 12.4 Å². The van der Waals surface area contributed by atoms with Crippen LogP contribution in [0.1, 0.15) is 17.3 Å². The molecule has 6 nitrogen and oxygen atoms in total. The van der Waals surface area contributed by atoms with Gasteiger partial charge in [-0.2, -0.15) is 0 Å². The van der Waals surface area contributed by atoms with Crippen LogP contribution < -0.4 is 5.73 Å². The highest BCUT2D eigenvalue weighted by Gasteiger charge is 2.05. The number of ether oxygens (including phenoxy) is 1. The maximum Gasteiger partial charge on any atom is 0.338 e. The van der Waals surface area contributed by atoms with E-state index >= 15 is 0 Å². The maximum atomic E-state index is 11.2. The van der Waals surface area contributed by atoms with E-state index < -0.39 is 11.9 Å². The van der Waals surface area contributed by atoms with Crippen molar-refractivity contribution >= 4 is 17.8 Å². The zero-order valence-electron chi connectivity index (χ0n) is 9.34. The summed E-state index contributed by atoms with van der Waals surface area (Å²) in [6.07, 6.45) is 0. The lowest BCUT2D eigenvalue weighted by molar-refractivity contribution is -0.134. The molecule has 0 aromatic heterocycles. The van der Waals surface area contributed by atoms with Gasteiger partial charge in [0.25, 0.3) is 5.97 Å². The predicted molar refractivity (Wildman–Crippen MR) is 61.9 cm³/mol. The van der Waals surface area contributed by atoms with E-state index in [1.807, 2.05) is 6.07 Å². The van der Waals surface area contributed by atoms with Crippen LogP contribution in [0, 0.1) is 5.41 Å². The van der Waals surface area contributed by atoms with Gasteiger partial charge in [-0.05, 0) is 12.1 Å². The van der Waals surface area contributed by atoms with Crippen molar-refractivity contribution in [1.82, 2.24) is 0 Å². The highest BCUT2D eigenvalue weighted by molar-refractivity contribution is 5.91. The topological polar surface area (TPSA) is 113 Å². The maximum absolute atomic E-state index is 11.2. The summed E-state index contributed by atoms with van der Waals surface area (Å²) in [5, 5.41) is 14.3. The van der Waals surface area contributed by atoms with Gasteiger partial charge in [0.1, 0.15) is 12.4 Å². The van der Waals surface area contributed by atoms with Gasteiger partial charge in [-0.1, -0.05) is 18.2 Å². The molecule has 0 aliphatic carbocycles. The van der Waals surface area contributed by atoms with E-state index in [9.17, 15) is 4.79 Å². The highest BCUT2D eigenvalue weighted by atomic mass is 16.5. The average molecular weight is 238 g/mol. The van der Waals surface area contributed by atoms with E-state index in [0.29, 0.717) is 5.56 Å². The van der Waals surface area contributed by atoms with Crippen molar-refractivity contribution in [3.63, 3.8) is 0 Å². The van der Waals surface area contributed by atoms with Gasteiger partial charge >= 0.3 is 5.97 Å². The number of esters is 1. The molecule has 1 aromatic rings. The molecule has 17 heavy (non-hydrogen) atoms. The molecule has 1 rings (SSSR count). The molecule has 0 unspecified atom stereocenters. The van der Waals surface area contributed by atoms with Gasteiger partial charge in [0, 0.05) is 6.92 Å². The van der Waals surface area contributed by atoms with E-state index in [0.717, 1.165) is 6.92 Å². The monoisotopic (exact) mass is 238 g/mol. The van der Waals surface area contributed by atoms with Gasteiger partial charge in [-0.3, -0.25) is 10.2 Å². The number of carboxylic acid groups (broad SMARTS) is 1. The molecular formula is C11H14N2O4. The summed E-state index contributed by atoms with van der Waals surface area (Å²) < 4.78 is 4.70. The lowest BCUT2D eigenvalue weighted by Gasteiger charge is -2.02. The minimum absolute atomic E-state index is 0.159. The van der Waals surface area contributed by atoms with E-state index in [1.54, 1.807) is 24.3 Å². The van der Waals surface area contributed by atoms with Gasteiger partial charge in [0.05, 0.1) is 5.56 Å². The Morgan fingerprint density at radius 2 is 1.82 bits per heavy atom. The third-order valence-corrected chi connectivity index (χ3v) is 1.37. The second-order valence-corrected chi connectivity index (χ2v) is 2.99. The third kappa shape index (κ3) is 8.61. The van der Waals surface area contributed by atoms with Gasteiger partial charge in [0.15, 0.2) is 0 Å². The number of nitrogens with one attached hydrogen (secondary N) is 1. The van der Waals surface area contributed by atoms with Crippen molar-refractivity contribution in [2.75, 3.05) is 6.61 Å². The smallest absolute Gasteiger partial charge is 0.338 e. The van der Waals surface area contributed by atoms with Crippen LogP contribution in [0.4, 0.5) is 0 Å². The van der Waals surface area contributed by atoms with Gasteiger partial charge in [-0.15, -0.1) is 0 Å². The lowest BCUT2D eigenvalue weighted by atomic mass is 10.2. The molecule has 0 radical (unpaired) electrons. The number of hydrogen-bond donors (Lipinski definition) is 3. The summed E-state index contributed by atoms with van der Waals surface area (Å²) in [5.74, 6) is -1.46. The second kappa shape index (κ2) is 7.86. The predicted octanol–water partition coefficient (Wildman–Crippen LogP) is 0.870. The van der Waals surface area contributed by atoms with E-state index in [2.05, 4.69) is 0 Å². The summed E-state index contributed by atoms with van der Waals surface area (Å²) in [4.78, 5) is 20.2. The van der Waals surface area contributed by atoms with Crippen LogP contribution in [0.2, 0.25) is 0 Å². The summed E-state index contributed by atoms with van der Waals surface area (Å²) in [5.41, 5.74) is 5.49. The Morgan fingerprint density at radius 3 is 2.24 bits per heavy atom. The van der Waals surface area contributed by atoms with Crippen molar-refractivity contribution in [3.8, 4) is 0 Å². The van der Waals surface area contributed by atoms with Crippen molar-refractivity contribution in [2.24, 2.45) is 5.73 Å². The molecular weight excluding hydrogens is 224 g/mol. The van der Waals surface area contributed by atoms with E-state index in [1.165, 1.54) is 0 Å². The quantitative estimate of drug-likeness (QED) is 0.410. The minimum Gasteiger partial charge on any atom is -0.481 e. The normalized spacial score (nSPS) is 8.53. The molecule has 0 fully saturated rings. The summed E-state index contributed by atoms with van der Waals surface area (Å²) in [6, 6.07) is 8.57. The first-order valence-corrected chi connectivity index (χ1v) is 4.68. The van der Waals surface area contributed by atoms with Crippen LogP contribution in [-0.2, 0) is 9.53 Å². The molecule has 0 saturated carbocycles. The first-order valence-electron chi connectivity index (χ1n) is 4.68. The molecule has 0 spiro atoms. The van der Waals surface area contributed by atoms with Crippen LogP contribution in [0.15, 0.2) is 30.3 Å². The van der Waals surface area contributed by atoms with Gasteiger partial charge in [0.2, 0.25) is 0 Å². The van der Waals surface area contributed by atoms with Crippen molar-refractivity contribution < 1.29 is 19.4 Å². The number of amidine groups is 1. The zero-order chi connectivity index (χ0) is 13.3. The van der Waals surface area contributed by atoms with Gasteiger partial charge < -0.3 is 15.6 Å². The molecule has 4 N–H and O–H groups in total.